The number of aromatic nitrogens is 3. The van der Waals surface area contributed by atoms with Crippen LogP contribution in [0.3, 0.4) is 0 Å². The van der Waals surface area contributed by atoms with Gasteiger partial charge in [0.2, 0.25) is 0 Å². The number of nitrogens with one attached hydrogen (secondary N) is 2. The summed E-state index contributed by atoms with van der Waals surface area (Å²) >= 11 is 0. The van der Waals surface area contributed by atoms with E-state index in [2.05, 4.69) is 46.5 Å². The van der Waals surface area contributed by atoms with E-state index in [1.807, 2.05) is 18.5 Å². The summed E-state index contributed by atoms with van der Waals surface area (Å²) in [7, 11) is 1.99. The third kappa shape index (κ3) is 8.33. The molecule has 2 rings (SSSR count). The van der Waals surface area contributed by atoms with Gasteiger partial charge >= 0.3 is 0 Å². The zero-order chi connectivity index (χ0) is 18.9. The molecule has 0 aromatic carbocycles. The number of hydrogen-bond acceptors (Lipinski definition) is 4. The molecule has 2 N–H and O–H groups in total. The largest absolute Gasteiger partial charge is 0.356 e. The van der Waals surface area contributed by atoms with Gasteiger partial charge in [-0.25, -0.2) is 4.99 Å². The minimum atomic E-state index is 0. The maximum Gasteiger partial charge on any atom is 0.191 e. The van der Waals surface area contributed by atoms with Crippen LogP contribution < -0.4 is 10.6 Å². The Balaban J connectivity index is 0.00000364. The lowest BCUT2D eigenvalue weighted by molar-refractivity contribution is 0.187. The highest BCUT2D eigenvalue weighted by molar-refractivity contribution is 14.0. The Morgan fingerprint density at radius 3 is 2.52 bits per heavy atom. The standard InChI is InChI=1S/C19H37N7.HI/c1-6-7-10-20-19(21-13-18-24-23-16(4)25(18)5)22-17-8-11-26(12-9-17)14-15(2)3;/h15,17H,6-14H2,1-5H3,(H2,20,21,22);1H. The molecule has 0 aliphatic carbocycles. The molecule has 1 aliphatic heterocycles. The van der Waals surface area contributed by atoms with Crippen molar-refractivity contribution < 1.29 is 0 Å². The molecule has 27 heavy (non-hydrogen) atoms. The van der Waals surface area contributed by atoms with Crippen molar-refractivity contribution in [2.75, 3.05) is 26.2 Å². The number of halogens is 1. The third-order valence-corrected chi connectivity index (χ3v) is 4.94. The SMILES string of the molecule is CCCCNC(=NCc1nnc(C)n1C)NC1CCN(CC(C)C)CC1.I. The lowest BCUT2D eigenvalue weighted by atomic mass is 10.0. The predicted octanol–water partition coefficient (Wildman–Crippen LogP) is 2.70. The predicted molar refractivity (Wildman–Crippen MR) is 123 cm³/mol. The van der Waals surface area contributed by atoms with E-state index in [9.17, 15) is 0 Å². The van der Waals surface area contributed by atoms with E-state index >= 15 is 0 Å². The summed E-state index contributed by atoms with van der Waals surface area (Å²) < 4.78 is 2.00. The van der Waals surface area contributed by atoms with Crippen LogP contribution in [0, 0.1) is 12.8 Å². The zero-order valence-corrected chi connectivity index (χ0v) is 20.0. The molecule has 0 amide bonds. The normalized spacial score (nSPS) is 16.4. The molecule has 1 aromatic heterocycles. The lowest BCUT2D eigenvalue weighted by Gasteiger charge is -2.34. The van der Waals surface area contributed by atoms with Gasteiger partial charge in [-0.15, -0.1) is 34.2 Å². The molecule has 2 heterocycles. The molecule has 0 spiro atoms. The van der Waals surface area contributed by atoms with Crippen LogP contribution in [0.4, 0.5) is 0 Å². The number of nitrogens with zero attached hydrogens (tertiary/aromatic N) is 5. The van der Waals surface area contributed by atoms with Crippen molar-refractivity contribution >= 4 is 29.9 Å². The summed E-state index contributed by atoms with van der Waals surface area (Å²) in [5.74, 6) is 3.45. The first-order valence-electron chi connectivity index (χ1n) is 10.1. The van der Waals surface area contributed by atoms with E-state index in [4.69, 9.17) is 4.99 Å². The molecule has 1 saturated heterocycles. The number of unbranched alkanes of at least 4 members (excludes halogenated alkanes) is 1. The first-order valence-corrected chi connectivity index (χ1v) is 10.1. The van der Waals surface area contributed by atoms with Crippen molar-refractivity contribution in [1.29, 1.82) is 0 Å². The second-order valence-corrected chi connectivity index (χ2v) is 7.78. The molecule has 7 nitrogen and oxygen atoms in total. The van der Waals surface area contributed by atoms with Crippen LogP contribution >= 0.6 is 24.0 Å². The minimum Gasteiger partial charge on any atom is -0.356 e. The quantitative estimate of drug-likeness (QED) is 0.253. The fraction of sp³-hybridized carbons (Fsp3) is 0.842. The second-order valence-electron chi connectivity index (χ2n) is 7.78. The Kier molecular flexibility index (Phi) is 11.2. The van der Waals surface area contributed by atoms with Crippen molar-refractivity contribution in [3.05, 3.63) is 11.6 Å². The topological polar surface area (TPSA) is 70.4 Å². The summed E-state index contributed by atoms with van der Waals surface area (Å²) in [5, 5.41) is 15.4. The van der Waals surface area contributed by atoms with Gasteiger partial charge in [0.15, 0.2) is 11.8 Å². The summed E-state index contributed by atoms with van der Waals surface area (Å²) in [4.78, 5) is 7.33. The van der Waals surface area contributed by atoms with Crippen LogP contribution in [0.15, 0.2) is 4.99 Å². The van der Waals surface area contributed by atoms with E-state index in [0.717, 1.165) is 36.5 Å². The number of aliphatic imine (C=N–C) groups is 1. The summed E-state index contributed by atoms with van der Waals surface area (Å²) in [6.45, 7) is 13.8. The summed E-state index contributed by atoms with van der Waals surface area (Å²) in [6, 6.07) is 0.493. The van der Waals surface area contributed by atoms with Crippen molar-refractivity contribution in [3.8, 4) is 0 Å². The first-order chi connectivity index (χ1) is 12.5. The number of guanidine groups is 1. The Morgan fingerprint density at radius 2 is 1.96 bits per heavy atom. The average Bonchev–Trinajstić information content (AvgIpc) is 2.93. The van der Waals surface area contributed by atoms with Crippen LogP contribution in [0.25, 0.3) is 0 Å². The molecule has 8 heteroatoms. The van der Waals surface area contributed by atoms with E-state index in [1.165, 1.54) is 38.9 Å². The van der Waals surface area contributed by atoms with E-state index in [-0.39, 0.29) is 24.0 Å². The Morgan fingerprint density at radius 1 is 1.26 bits per heavy atom. The average molecular weight is 491 g/mol. The monoisotopic (exact) mass is 491 g/mol. The molecule has 1 fully saturated rings. The van der Waals surface area contributed by atoms with Crippen molar-refractivity contribution in [1.82, 2.24) is 30.3 Å². The van der Waals surface area contributed by atoms with Crippen molar-refractivity contribution in [2.45, 2.75) is 66.0 Å². The molecule has 0 radical (unpaired) electrons. The summed E-state index contributed by atoms with van der Waals surface area (Å²) in [5.41, 5.74) is 0. The molecule has 0 unspecified atom stereocenters. The second kappa shape index (κ2) is 12.5. The highest BCUT2D eigenvalue weighted by Crippen LogP contribution is 2.12. The minimum absolute atomic E-state index is 0. The highest BCUT2D eigenvalue weighted by Gasteiger charge is 2.20. The maximum absolute atomic E-state index is 4.76. The third-order valence-electron chi connectivity index (χ3n) is 4.94. The fourth-order valence-corrected chi connectivity index (χ4v) is 3.24. The van der Waals surface area contributed by atoms with Gasteiger partial charge in [-0.05, 0) is 32.1 Å². The summed E-state index contributed by atoms with van der Waals surface area (Å²) in [6.07, 6.45) is 4.67. The lowest BCUT2D eigenvalue weighted by Crippen LogP contribution is -2.49. The van der Waals surface area contributed by atoms with Gasteiger partial charge in [0.25, 0.3) is 0 Å². The molecular formula is C19H38IN7. The first kappa shape index (κ1) is 24.1. The maximum atomic E-state index is 4.76. The van der Waals surface area contributed by atoms with Crippen molar-refractivity contribution in [3.63, 3.8) is 0 Å². The van der Waals surface area contributed by atoms with E-state index in [0.29, 0.717) is 12.6 Å². The van der Waals surface area contributed by atoms with Gasteiger partial charge < -0.3 is 20.1 Å². The number of rotatable bonds is 8. The zero-order valence-electron chi connectivity index (χ0n) is 17.7. The van der Waals surface area contributed by atoms with E-state index in [1.54, 1.807) is 0 Å². The molecule has 0 atom stereocenters. The van der Waals surface area contributed by atoms with Gasteiger partial charge in [0.1, 0.15) is 12.4 Å². The van der Waals surface area contributed by atoms with Gasteiger partial charge in [-0.1, -0.05) is 27.2 Å². The molecule has 0 bridgehead atoms. The Labute approximate surface area is 181 Å². The number of piperidine rings is 1. The van der Waals surface area contributed by atoms with Crippen LogP contribution in [0.1, 0.15) is 58.1 Å². The number of aryl methyl sites for hydroxylation is 1. The molecular weight excluding hydrogens is 453 g/mol. The Hall–Kier alpha value is -0.900. The van der Waals surface area contributed by atoms with Crippen LogP contribution in [-0.4, -0.2) is 57.8 Å². The van der Waals surface area contributed by atoms with Gasteiger partial charge in [0, 0.05) is 39.3 Å². The van der Waals surface area contributed by atoms with Crippen LogP contribution in [-0.2, 0) is 13.6 Å². The number of likely N-dealkylation sites (tertiary alicyclic amines) is 1. The molecule has 156 valence electrons. The van der Waals surface area contributed by atoms with E-state index < -0.39 is 0 Å². The highest BCUT2D eigenvalue weighted by atomic mass is 127. The fourth-order valence-electron chi connectivity index (χ4n) is 3.24. The molecule has 1 aliphatic rings. The molecule has 0 saturated carbocycles. The van der Waals surface area contributed by atoms with Crippen LogP contribution in [0.2, 0.25) is 0 Å². The van der Waals surface area contributed by atoms with Crippen LogP contribution in [0.5, 0.6) is 0 Å². The smallest absolute Gasteiger partial charge is 0.191 e. The molecule has 1 aromatic rings. The van der Waals surface area contributed by atoms with Gasteiger partial charge in [-0.2, -0.15) is 0 Å². The van der Waals surface area contributed by atoms with Gasteiger partial charge in [-0.3, -0.25) is 0 Å². The number of hydrogen-bond donors (Lipinski definition) is 2. The van der Waals surface area contributed by atoms with Crippen molar-refractivity contribution in [2.24, 2.45) is 18.0 Å². The van der Waals surface area contributed by atoms with Gasteiger partial charge in [0.05, 0.1) is 0 Å². The Bertz CT molecular complexity index is 562.